The van der Waals surface area contributed by atoms with E-state index in [2.05, 4.69) is 5.32 Å². The van der Waals surface area contributed by atoms with Crippen LogP contribution in [0, 0.1) is 23.0 Å². The summed E-state index contributed by atoms with van der Waals surface area (Å²) in [5, 5.41) is 11.4. The number of halogens is 2. The van der Waals surface area contributed by atoms with Gasteiger partial charge < -0.3 is 15.0 Å². The first-order chi connectivity index (χ1) is 10.1. The van der Waals surface area contributed by atoms with Crippen LogP contribution in [0.1, 0.15) is 0 Å². The fourth-order valence-electron chi connectivity index (χ4n) is 1.86. The third-order valence-corrected chi connectivity index (χ3v) is 2.97. The first-order valence-electron chi connectivity index (χ1n) is 6.31. The van der Waals surface area contributed by atoms with E-state index in [9.17, 15) is 13.6 Å². The number of carbonyl (C=O) groups is 1. The van der Waals surface area contributed by atoms with Crippen LogP contribution in [0.25, 0.3) is 0 Å². The Bertz CT molecular complexity index is 584. The number of morpholine rings is 1. The molecule has 0 aliphatic carbocycles. The molecular formula is C14H13F2N3O2. The summed E-state index contributed by atoms with van der Waals surface area (Å²) in [4.78, 5) is 13.5. The second-order valence-electron chi connectivity index (χ2n) is 4.32. The van der Waals surface area contributed by atoms with E-state index in [1.165, 1.54) is 11.0 Å². The second-order valence-corrected chi connectivity index (χ2v) is 4.32. The topological polar surface area (TPSA) is 65.4 Å². The summed E-state index contributed by atoms with van der Waals surface area (Å²) in [6.45, 7) is 1.57. The highest BCUT2D eigenvalue weighted by Crippen LogP contribution is 2.18. The highest BCUT2D eigenvalue weighted by Gasteiger charge is 2.20. The van der Waals surface area contributed by atoms with Gasteiger partial charge in [-0.3, -0.25) is 4.79 Å². The van der Waals surface area contributed by atoms with E-state index in [1.807, 2.05) is 0 Å². The maximum absolute atomic E-state index is 13.4. The van der Waals surface area contributed by atoms with Crippen molar-refractivity contribution in [3.63, 3.8) is 0 Å². The van der Waals surface area contributed by atoms with Gasteiger partial charge in [0.1, 0.15) is 29.0 Å². The van der Waals surface area contributed by atoms with Gasteiger partial charge in [-0.1, -0.05) is 6.07 Å². The molecule has 1 amide bonds. The minimum Gasteiger partial charge on any atom is -0.378 e. The molecule has 1 aliphatic heterocycles. The number of nitrogens with zero attached hydrogens (tertiary/aromatic N) is 2. The van der Waals surface area contributed by atoms with Crippen LogP contribution in [0.2, 0.25) is 0 Å². The van der Waals surface area contributed by atoms with Crippen LogP contribution in [0.3, 0.4) is 0 Å². The third kappa shape index (κ3) is 3.55. The van der Waals surface area contributed by atoms with Crippen LogP contribution < -0.4 is 5.32 Å². The quantitative estimate of drug-likeness (QED) is 0.679. The zero-order valence-corrected chi connectivity index (χ0v) is 11.1. The van der Waals surface area contributed by atoms with E-state index in [0.717, 1.165) is 18.3 Å². The SMILES string of the molecule is N#C/C(=C/Nc1c(F)cccc1F)C(=O)N1CCOCC1. The molecule has 0 atom stereocenters. The van der Waals surface area contributed by atoms with Crippen molar-refractivity contribution in [1.29, 1.82) is 5.26 Å². The van der Waals surface area contributed by atoms with Gasteiger partial charge in [-0.15, -0.1) is 0 Å². The minimum atomic E-state index is -0.803. The standard InChI is InChI=1S/C14H13F2N3O2/c15-11-2-1-3-12(16)13(11)18-9-10(8-17)14(20)19-4-6-21-7-5-19/h1-3,9,18H,4-7H2/b10-9-. The molecule has 5 nitrogen and oxygen atoms in total. The summed E-state index contributed by atoms with van der Waals surface area (Å²) >= 11 is 0. The van der Waals surface area contributed by atoms with E-state index >= 15 is 0 Å². The molecule has 1 saturated heterocycles. The van der Waals surface area contributed by atoms with Gasteiger partial charge in [-0.05, 0) is 12.1 Å². The summed E-state index contributed by atoms with van der Waals surface area (Å²) in [5.74, 6) is -2.10. The lowest BCUT2D eigenvalue weighted by Crippen LogP contribution is -2.41. The molecule has 1 aliphatic rings. The van der Waals surface area contributed by atoms with Crippen molar-refractivity contribution in [2.45, 2.75) is 0 Å². The Kier molecular flexibility index (Phi) is 4.85. The van der Waals surface area contributed by atoms with E-state index in [0.29, 0.717) is 26.3 Å². The van der Waals surface area contributed by atoms with Crippen molar-refractivity contribution >= 4 is 11.6 Å². The molecule has 1 N–H and O–H groups in total. The molecule has 0 spiro atoms. The van der Waals surface area contributed by atoms with Crippen LogP contribution in [-0.4, -0.2) is 37.1 Å². The molecule has 1 aromatic carbocycles. The molecule has 1 fully saturated rings. The fraction of sp³-hybridized carbons (Fsp3) is 0.286. The van der Waals surface area contributed by atoms with Crippen LogP contribution in [0.4, 0.5) is 14.5 Å². The monoisotopic (exact) mass is 293 g/mol. The van der Waals surface area contributed by atoms with E-state index < -0.39 is 23.2 Å². The van der Waals surface area contributed by atoms with E-state index in [1.54, 1.807) is 6.07 Å². The van der Waals surface area contributed by atoms with Crippen LogP contribution in [-0.2, 0) is 9.53 Å². The van der Waals surface area contributed by atoms with Gasteiger partial charge in [0.2, 0.25) is 0 Å². The second kappa shape index (κ2) is 6.81. The first kappa shape index (κ1) is 14.9. The van der Waals surface area contributed by atoms with Gasteiger partial charge in [0.05, 0.1) is 13.2 Å². The predicted molar refractivity (Wildman–Crippen MR) is 71.1 cm³/mol. The molecule has 110 valence electrons. The zero-order chi connectivity index (χ0) is 15.2. The van der Waals surface area contributed by atoms with Gasteiger partial charge in [0.25, 0.3) is 5.91 Å². The molecule has 1 aromatic rings. The number of hydrogen-bond acceptors (Lipinski definition) is 4. The highest BCUT2D eigenvalue weighted by atomic mass is 19.1. The average molecular weight is 293 g/mol. The van der Waals surface area contributed by atoms with Crippen molar-refractivity contribution in [3.05, 3.63) is 41.6 Å². The average Bonchev–Trinajstić information content (AvgIpc) is 2.51. The smallest absolute Gasteiger partial charge is 0.266 e. The lowest BCUT2D eigenvalue weighted by atomic mass is 10.2. The number of amides is 1. The number of nitriles is 1. The Hall–Kier alpha value is -2.46. The predicted octanol–water partition coefficient (Wildman–Crippen LogP) is 1.64. The lowest BCUT2D eigenvalue weighted by molar-refractivity contribution is -0.130. The summed E-state index contributed by atoms with van der Waals surface area (Å²) in [6, 6.07) is 5.11. The Labute approximate surface area is 120 Å². The third-order valence-electron chi connectivity index (χ3n) is 2.97. The molecule has 1 heterocycles. The number of carbonyl (C=O) groups excluding carboxylic acids is 1. The molecule has 7 heteroatoms. The largest absolute Gasteiger partial charge is 0.378 e. The Morgan fingerprint density at radius 3 is 2.52 bits per heavy atom. The highest BCUT2D eigenvalue weighted by molar-refractivity contribution is 5.97. The number of nitrogens with one attached hydrogen (secondary N) is 1. The normalized spacial score (nSPS) is 15.5. The van der Waals surface area contributed by atoms with Crippen molar-refractivity contribution in [2.75, 3.05) is 31.6 Å². The number of rotatable bonds is 3. The van der Waals surface area contributed by atoms with Crippen molar-refractivity contribution in [3.8, 4) is 6.07 Å². The summed E-state index contributed by atoms with van der Waals surface area (Å²) in [7, 11) is 0. The van der Waals surface area contributed by atoms with Gasteiger partial charge in [0.15, 0.2) is 0 Å². The Balaban J connectivity index is 2.14. The number of anilines is 1. The molecule has 0 bridgehead atoms. The maximum Gasteiger partial charge on any atom is 0.266 e. The van der Waals surface area contributed by atoms with Gasteiger partial charge >= 0.3 is 0 Å². The van der Waals surface area contributed by atoms with Crippen molar-refractivity contribution < 1.29 is 18.3 Å². The fourth-order valence-corrected chi connectivity index (χ4v) is 1.86. The molecule has 0 radical (unpaired) electrons. The molecule has 0 unspecified atom stereocenters. The number of ether oxygens (including phenoxy) is 1. The molecule has 2 rings (SSSR count). The molecule has 0 aromatic heterocycles. The first-order valence-corrected chi connectivity index (χ1v) is 6.31. The van der Waals surface area contributed by atoms with Gasteiger partial charge in [0, 0.05) is 19.3 Å². The van der Waals surface area contributed by atoms with Crippen LogP contribution >= 0.6 is 0 Å². The van der Waals surface area contributed by atoms with E-state index in [-0.39, 0.29) is 5.57 Å². The Morgan fingerprint density at radius 1 is 1.33 bits per heavy atom. The number of para-hydroxylation sites is 1. The van der Waals surface area contributed by atoms with Gasteiger partial charge in [-0.25, -0.2) is 8.78 Å². The Morgan fingerprint density at radius 2 is 1.95 bits per heavy atom. The number of hydrogen-bond donors (Lipinski definition) is 1. The summed E-state index contributed by atoms with van der Waals surface area (Å²) in [6.07, 6.45) is 1.01. The van der Waals surface area contributed by atoms with Gasteiger partial charge in [-0.2, -0.15) is 5.26 Å². The van der Waals surface area contributed by atoms with Crippen LogP contribution in [0.15, 0.2) is 30.0 Å². The molecule has 0 saturated carbocycles. The van der Waals surface area contributed by atoms with Crippen LogP contribution in [0.5, 0.6) is 0 Å². The van der Waals surface area contributed by atoms with Crippen molar-refractivity contribution in [1.82, 2.24) is 4.90 Å². The minimum absolute atomic E-state index is 0.223. The summed E-state index contributed by atoms with van der Waals surface area (Å²) in [5.41, 5.74) is -0.625. The maximum atomic E-state index is 13.4. The molecule has 21 heavy (non-hydrogen) atoms. The number of benzene rings is 1. The lowest BCUT2D eigenvalue weighted by Gasteiger charge is -2.26. The zero-order valence-electron chi connectivity index (χ0n) is 11.1. The van der Waals surface area contributed by atoms with E-state index in [4.69, 9.17) is 10.00 Å². The molecular weight excluding hydrogens is 280 g/mol. The van der Waals surface area contributed by atoms with Crippen molar-refractivity contribution in [2.24, 2.45) is 0 Å². The summed E-state index contributed by atoms with van der Waals surface area (Å²) < 4.78 is 32.0.